The number of halogens is 2. The quantitative estimate of drug-likeness (QED) is 0.706. The summed E-state index contributed by atoms with van der Waals surface area (Å²) < 4.78 is 54.8. The van der Waals surface area contributed by atoms with Crippen LogP contribution in [0.25, 0.3) is 0 Å². The number of rotatable bonds is 8. The lowest BCUT2D eigenvalue weighted by atomic mass is 10.3. The Bertz CT molecular complexity index is 494. The molecular formula is C11H16F2N2O3S. The van der Waals surface area contributed by atoms with Gasteiger partial charge in [0.1, 0.15) is 10.6 Å². The van der Waals surface area contributed by atoms with Crippen LogP contribution in [0.15, 0.2) is 29.2 Å². The van der Waals surface area contributed by atoms with Crippen molar-refractivity contribution in [2.75, 3.05) is 19.6 Å². The van der Waals surface area contributed by atoms with Crippen molar-refractivity contribution in [2.24, 2.45) is 0 Å². The van der Waals surface area contributed by atoms with E-state index in [0.717, 1.165) is 0 Å². The zero-order valence-electron chi connectivity index (χ0n) is 10.4. The molecule has 0 amide bonds. The lowest BCUT2D eigenvalue weighted by Gasteiger charge is -2.12. The molecule has 108 valence electrons. The standard InChI is InChI=1S/C11H16F2N2O3S/c1-2-14-7-8-15-19(16,17)10-6-4-3-5-9(10)18-11(12)13/h3-6,11,14-15H,2,7-8H2,1H3. The maximum atomic E-state index is 12.2. The summed E-state index contributed by atoms with van der Waals surface area (Å²) in [6.07, 6.45) is 0. The van der Waals surface area contributed by atoms with Crippen LogP contribution in [-0.4, -0.2) is 34.7 Å². The molecule has 0 aliphatic heterocycles. The zero-order chi connectivity index (χ0) is 14.3. The van der Waals surface area contributed by atoms with Gasteiger partial charge in [0.25, 0.3) is 0 Å². The van der Waals surface area contributed by atoms with Crippen molar-refractivity contribution in [2.45, 2.75) is 18.4 Å². The minimum Gasteiger partial charge on any atom is -0.433 e. The Morgan fingerprint density at radius 1 is 1.26 bits per heavy atom. The zero-order valence-corrected chi connectivity index (χ0v) is 11.2. The smallest absolute Gasteiger partial charge is 0.387 e. The normalized spacial score (nSPS) is 11.8. The molecule has 0 spiro atoms. The Kier molecular flexibility index (Phi) is 6.13. The van der Waals surface area contributed by atoms with E-state index < -0.39 is 16.6 Å². The highest BCUT2D eigenvalue weighted by Crippen LogP contribution is 2.24. The molecule has 0 saturated heterocycles. The first-order valence-corrected chi connectivity index (χ1v) is 7.20. The fourth-order valence-electron chi connectivity index (χ4n) is 1.39. The molecule has 1 rings (SSSR count). The molecule has 0 unspecified atom stereocenters. The first-order valence-electron chi connectivity index (χ1n) is 5.71. The third-order valence-corrected chi connectivity index (χ3v) is 3.70. The van der Waals surface area contributed by atoms with Crippen molar-refractivity contribution < 1.29 is 21.9 Å². The second kappa shape index (κ2) is 7.37. The van der Waals surface area contributed by atoms with E-state index in [2.05, 4.69) is 14.8 Å². The van der Waals surface area contributed by atoms with Crippen molar-refractivity contribution in [1.82, 2.24) is 10.0 Å². The molecule has 0 heterocycles. The molecule has 5 nitrogen and oxygen atoms in total. The third kappa shape index (κ3) is 5.09. The molecule has 0 radical (unpaired) electrons. The van der Waals surface area contributed by atoms with Gasteiger partial charge in [-0.3, -0.25) is 0 Å². The minimum atomic E-state index is -3.87. The summed E-state index contributed by atoms with van der Waals surface area (Å²) in [5.74, 6) is -0.367. The number of ether oxygens (including phenoxy) is 1. The first-order chi connectivity index (χ1) is 8.97. The largest absolute Gasteiger partial charge is 0.433 e. The molecule has 0 aromatic heterocycles. The molecule has 0 aliphatic carbocycles. The van der Waals surface area contributed by atoms with Gasteiger partial charge in [-0.1, -0.05) is 19.1 Å². The summed E-state index contributed by atoms with van der Waals surface area (Å²) >= 11 is 0. The SMILES string of the molecule is CCNCCNS(=O)(=O)c1ccccc1OC(F)F. The van der Waals surface area contributed by atoms with E-state index in [1.165, 1.54) is 24.3 Å². The molecule has 8 heteroatoms. The van der Waals surface area contributed by atoms with Crippen molar-refractivity contribution in [3.63, 3.8) is 0 Å². The number of likely N-dealkylation sites (N-methyl/N-ethyl adjacent to an activating group) is 1. The third-order valence-electron chi connectivity index (χ3n) is 2.20. The minimum absolute atomic E-state index is 0.166. The van der Waals surface area contributed by atoms with E-state index in [1.807, 2.05) is 6.92 Å². The van der Waals surface area contributed by atoms with Crippen LogP contribution in [0.3, 0.4) is 0 Å². The van der Waals surface area contributed by atoms with Gasteiger partial charge in [0.15, 0.2) is 0 Å². The first kappa shape index (κ1) is 15.8. The van der Waals surface area contributed by atoms with Crippen LogP contribution in [0, 0.1) is 0 Å². The van der Waals surface area contributed by atoms with Crippen LogP contribution in [0.4, 0.5) is 8.78 Å². The molecule has 0 bridgehead atoms. The summed E-state index contributed by atoms with van der Waals surface area (Å²) in [7, 11) is -3.87. The van der Waals surface area contributed by atoms with E-state index in [1.54, 1.807) is 0 Å². The van der Waals surface area contributed by atoms with E-state index in [9.17, 15) is 17.2 Å². The van der Waals surface area contributed by atoms with E-state index in [0.29, 0.717) is 13.1 Å². The maximum Gasteiger partial charge on any atom is 0.387 e. The number of para-hydroxylation sites is 1. The molecule has 0 saturated carbocycles. The van der Waals surface area contributed by atoms with Crippen molar-refractivity contribution >= 4 is 10.0 Å². The molecule has 1 aromatic carbocycles. The van der Waals surface area contributed by atoms with Gasteiger partial charge in [0.2, 0.25) is 10.0 Å². The fourth-order valence-corrected chi connectivity index (χ4v) is 2.56. The summed E-state index contributed by atoms with van der Waals surface area (Å²) in [6.45, 7) is 0.151. The predicted molar refractivity (Wildman–Crippen MR) is 66.8 cm³/mol. The average Bonchev–Trinajstić information content (AvgIpc) is 2.34. The van der Waals surface area contributed by atoms with E-state index in [-0.39, 0.29) is 17.2 Å². The Labute approximate surface area is 111 Å². The van der Waals surface area contributed by atoms with Gasteiger partial charge in [-0.2, -0.15) is 8.78 Å². The fraction of sp³-hybridized carbons (Fsp3) is 0.455. The molecular weight excluding hydrogens is 278 g/mol. The van der Waals surface area contributed by atoms with Crippen LogP contribution >= 0.6 is 0 Å². The summed E-state index contributed by atoms with van der Waals surface area (Å²) in [5, 5.41) is 2.94. The maximum absolute atomic E-state index is 12.2. The van der Waals surface area contributed by atoms with Gasteiger partial charge in [-0.25, -0.2) is 13.1 Å². The molecule has 2 N–H and O–H groups in total. The Hall–Kier alpha value is -1.25. The second-order valence-electron chi connectivity index (χ2n) is 3.58. The molecule has 19 heavy (non-hydrogen) atoms. The number of benzene rings is 1. The summed E-state index contributed by atoms with van der Waals surface area (Å²) in [6, 6.07) is 5.27. The van der Waals surface area contributed by atoms with Gasteiger partial charge >= 0.3 is 6.61 Å². The number of nitrogens with one attached hydrogen (secondary N) is 2. The van der Waals surface area contributed by atoms with Gasteiger partial charge in [-0.15, -0.1) is 0 Å². The lowest BCUT2D eigenvalue weighted by Crippen LogP contribution is -2.32. The molecule has 0 fully saturated rings. The van der Waals surface area contributed by atoms with Gasteiger partial charge in [0, 0.05) is 13.1 Å². The van der Waals surface area contributed by atoms with Crippen LogP contribution in [-0.2, 0) is 10.0 Å². The topological polar surface area (TPSA) is 67.4 Å². The highest BCUT2D eigenvalue weighted by atomic mass is 32.2. The van der Waals surface area contributed by atoms with E-state index in [4.69, 9.17) is 0 Å². The van der Waals surface area contributed by atoms with Crippen molar-refractivity contribution in [1.29, 1.82) is 0 Å². The highest BCUT2D eigenvalue weighted by Gasteiger charge is 2.20. The number of hydrogen-bond donors (Lipinski definition) is 2. The Morgan fingerprint density at radius 3 is 2.58 bits per heavy atom. The van der Waals surface area contributed by atoms with Crippen LogP contribution in [0.5, 0.6) is 5.75 Å². The van der Waals surface area contributed by atoms with Gasteiger partial charge in [0.05, 0.1) is 0 Å². The van der Waals surface area contributed by atoms with Crippen molar-refractivity contribution in [3.05, 3.63) is 24.3 Å². The van der Waals surface area contributed by atoms with Gasteiger partial charge in [-0.05, 0) is 18.7 Å². The summed E-state index contributed by atoms with van der Waals surface area (Å²) in [4.78, 5) is -0.299. The number of alkyl halides is 2. The lowest BCUT2D eigenvalue weighted by molar-refractivity contribution is -0.0517. The van der Waals surface area contributed by atoms with E-state index >= 15 is 0 Å². The van der Waals surface area contributed by atoms with Crippen molar-refractivity contribution in [3.8, 4) is 5.75 Å². The van der Waals surface area contributed by atoms with Gasteiger partial charge < -0.3 is 10.1 Å². The molecule has 0 aliphatic rings. The molecule has 0 atom stereocenters. The average molecular weight is 294 g/mol. The van der Waals surface area contributed by atoms with Crippen LogP contribution < -0.4 is 14.8 Å². The molecule has 1 aromatic rings. The Balaban J connectivity index is 2.82. The Morgan fingerprint density at radius 2 is 1.95 bits per heavy atom. The van der Waals surface area contributed by atoms with Crippen LogP contribution in [0.1, 0.15) is 6.92 Å². The second-order valence-corrected chi connectivity index (χ2v) is 5.31. The predicted octanol–water partition coefficient (Wildman–Crippen LogP) is 1.18. The summed E-state index contributed by atoms with van der Waals surface area (Å²) in [5.41, 5.74) is 0. The number of sulfonamides is 1. The monoisotopic (exact) mass is 294 g/mol. The highest BCUT2D eigenvalue weighted by molar-refractivity contribution is 7.89. The number of hydrogen-bond acceptors (Lipinski definition) is 4. The van der Waals surface area contributed by atoms with Crippen LogP contribution in [0.2, 0.25) is 0 Å².